The number of aromatic nitrogens is 3. The van der Waals surface area contributed by atoms with Gasteiger partial charge in [0.25, 0.3) is 5.56 Å². The zero-order chi connectivity index (χ0) is 20.7. The van der Waals surface area contributed by atoms with Crippen LogP contribution in [0.1, 0.15) is 49.4 Å². The van der Waals surface area contributed by atoms with E-state index in [0.717, 1.165) is 42.6 Å². The van der Waals surface area contributed by atoms with Crippen LogP contribution in [0.25, 0.3) is 21.9 Å². The van der Waals surface area contributed by atoms with E-state index >= 15 is 0 Å². The maximum absolute atomic E-state index is 13.7. The van der Waals surface area contributed by atoms with Crippen LogP contribution in [0.15, 0.2) is 64.2 Å². The minimum Gasteiger partial charge on any atom is -0.328 e. The topological polar surface area (TPSA) is 56.9 Å². The summed E-state index contributed by atoms with van der Waals surface area (Å²) in [6, 6.07) is 17.4. The summed E-state index contributed by atoms with van der Waals surface area (Å²) in [6.45, 7) is 0.435. The van der Waals surface area contributed by atoms with Gasteiger partial charge in [-0.05, 0) is 30.5 Å². The molecule has 1 fully saturated rings. The molecule has 1 aliphatic rings. The fourth-order valence-corrected chi connectivity index (χ4v) is 4.80. The van der Waals surface area contributed by atoms with Gasteiger partial charge in [0.05, 0.1) is 12.1 Å². The Labute approximate surface area is 174 Å². The van der Waals surface area contributed by atoms with E-state index in [0.29, 0.717) is 17.6 Å². The number of hydrogen-bond acceptors (Lipinski definition) is 3. The molecule has 30 heavy (non-hydrogen) atoms. The second kappa shape index (κ2) is 7.56. The van der Waals surface area contributed by atoms with Gasteiger partial charge in [0.1, 0.15) is 11.2 Å². The van der Waals surface area contributed by atoms with Crippen LogP contribution in [-0.4, -0.2) is 14.1 Å². The molecule has 5 rings (SSSR count). The monoisotopic (exact) mass is 399 g/mol. The molecular weight excluding hydrogens is 374 g/mol. The fourth-order valence-electron chi connectivity index (χ4n) is 4.80. The van der Waals surface area contributed by atoms with Gasteiger partial charge < -0.3 is 4.57 Å². The molecule has 5 nitrogen and oxygen atoms in total. The van der Waals surface area contributed by atoms with Crippen molar-refractivity contribution in [1.82, 2.24) is 14.1 Å². The number of benzene rings is 2. The molecule has 0 saturated heterocycles. The first kappa shape index (κ1) is 18.8. The second-order valence-electron chi connectivity index (χ2n) is 8.29. The standard InChI is InChI=1S/C25H25N3O2/c1-27-20-15-9-8-14-19(20)22(29)21-24(27)26-23(18-12-6-3-7-13-18)28(25(21)30)16-17-10-4-2-5-11-17/h2,4-5,8-11,14-15,18H,3,6-7,12-13,16H2,1H3. The van der Waals surface area contributed by atoms with Crippen LogP contribution in [0.5, 0.6) is 0 Å². The zero-order valence-electron chi connectivity index (χ0n) is 17.2. The van der Waals surface area contributed by atoms with Crippen LogP contribution in [0, 0.1) is 0 Å². The van der Waals surface area contributed by atoms with Gasteiger partial charge in [-0.15, -0.1) is 0 Å². The average molecular weight is 399 g/mol. The van der Waals surface area contributed by atoms with E-state index < -0.39 is 0 Å². The predicted molar refractivity (Wildman–Crippen MR) is 120 cm³/mol. The zero-order valence-corrected chi connectivity index (χ0v) is 17.2. The molecule has 0 radical (unpaired) electrons. The third-order valence-corrected chi connectivity index (χ3v) is 6.39. The highest BCUT2D eigenvalue weighted by Gasteiger charge is 2.24. The summed E-state index contributed by atoms with van der Waals surface area (Å²) in [5, 5.41) is 0.745. The highest BCUT2D eigenvalue weighted by atomic mass is 16.1. The molecule has 1 aliphatic carbocycles. The average Bonchev–Trinajstić information content (AvgIpc) is 2.80. The molecule has 0 unspecified atom stereocenters. The Balaban J connectivity index is 1.84. The van der Waals surface area contributed by atoms with Crippen molar-refractivity contribution in [2.75, 3.05) is 0 Å². The molecule has 0 N–H and O–H groups in total. The summed E-state index contributed by atoms with van der Waals surface area (Å²) in [4.78, 5) is 32.0. The first-order chi connectivity index (χ1) is 14.6. The molecule has 1 saturated carbocycles. The van der Waals surface area contributed by atoms with Crippen LogP contribution in [0.3, 0.4) is 0 Å². The molecule has 152 valence electrons. The number of nitrogens with zero attached hydrogens (tertiary/aromatic N) is 3. The van der Waals surface area contributed by atoms with E-state index in [1.807, 2.05) is 60.1 Å². The van der Waals surface area contributed by atoms with Crippen molar-refractivity contribution in [3.05, 3.63) is 86.6 Å². The molecular formula is C25H25N3O2. The van der Waals surface area contributed by atoms with Crippen LogP contribution in [0.4, 0.5) is 0 Å². The van der Waals surface area contributed by atoms with E-state index in [1.165, 1.54) is 6.42 Å². The van der Waals surface area contributed by atoms with E-state index in [1.54, 1.807) is 10.6 Å². The largest absolute Gasteiger partial charge is 0.328 e. The maximum Gasteiger partial charge on any atom is 0.267 e. The number of aryl methyl sites for hydroxylation is 1. The lowest BCUT2D eigenvalue weighted by Gasteiger charge is -2.25. The summed E-state index contributed by atoms with van der Waals surface area (Å²) in [5.41, 5.74) is 1.88. The normalized spacial score (nSPS) is 15.1. The SMILES string of the molecule is Cn1c2ccccc2c(=O)c2c(=O)n(Cc3ccccc3)c(C3CCCCC3)nc21. The van der Waals surface area contributed by atoms with E-state index in [2.05, 4.69) is 0 Å². The minimum absolute atomic E-state index is 0.187. The molecule has 2 aromatic heterocycles. The van der Waals surface area contributed by atoms with Crippen LogP contribution < -0.4 is 11.0 Å². The lowest BCUT2D eigenvalue weighted by molar-refractivity contribution is 0.413. The molecule has 2 aromatic carbocycles. The lowest BCUT2D eigenvalue weighted by atomic mass is 9.88. The Hall–Kier alpha value is -3.21. The van der Waals surface area contributed by atoms with E-state index in [-0.39, 0.29) is 22.3 Å². The van der Waals surface area contributed by atoms with Crippen molar-refractivity contribution in [2.45, 2.75) is 44.6 Å². The Morgan fingerprint density at radius 1 is 0.933 bits per heavy atom. The van der Waals surface area contributed by atoms with E-state index in [9.17, 15) is 9.59 Å². The van der Waals surface area contributed by atoms with Gasteiger partial charge in [0.2, 0.25) is 5.43 Å². The third kappa shape index (κ3) is 3.05. The van der Waals surface area contributed by atoms with Crippen molar-refractivity contribution in [3.63, 3.8) is 0 Å². The molecule has 4 aromatic rings. The van der Waals surface area contributed by atoms with Gasteiger partial charge in [-0.2, -0.15) is 0 Å². The maximum atomic E-state index is 13.7. The Morgan fingerprint density at radius 2 is 1.63 bits per heavy atom. The number of para-hydroxylation sites is 1. The van der Waals surface area contributed by atoms with Crippen LogP contribution in [-0.2, 0) is 13.6 Å². The third-order valence-electron chi connectivity index (χ3n) is 6.39. The molecule has 0 atom stereocenters. The second-order valence-corrected chi connectivity index (χ2v) is 8.29. The number of rotatable bonds is 3. The summed E-state index contributed by atoms with van der Waals surface area (Å²) in [5.74, 6) is 1.07. The smallest absolute Gasteiger partial charge is 0.267 e. The van der Waals surface area contributed by atoms with Gasteiger partial charge in [0.15, 0.2) is 5.65 Å². The first-order valence-corrected chi connectivity index (χ1v) is 10.7. The molecule has 0 aliphatic heterocycles. The van der Waals surface area contributed by atoms with Crippen molar-refractivity contribution in [2.24, 2.45) is 7.05 Å². The first-order valence-electron chi connectivity index (χ1n) is 10.7. The van der Waals surface area contributed by atoms with Gasteiger partial charge >= 0.3 is 0 Å². The minimum atomic E-state index is -0.229. The van der Waals surface area contributed by atoms with Crippen molar-refractivity contribution >= 4 is 21.9 Å². The Morgan fingerprint density at radius 3 is 2.40 bits per heavy atom. The Kier molecular flexibility index (Phi) is 4.74. The summed E-state index contributed by atoms with van der Waals surface area (Å²) < 4.78 is 3.65. The van der Waals surface area contributed by atoms with Gasteiger partial charge in [0, 0.05) is 18.4 Å². The molecule has 0 bridgehead atoms. The summed E-state index contributed by atoms with van der Waals surface area (Å²) in [6.07, 6.45) is 5.61. The molecule has 0 amide bonds. The number of pyridine rings is 1. The van der Waals surface area contributed by atoms with Crippen LogP contribution >= 0.6 is 0 Å². The number of hydrogen-bond donors (Lipinski definition) is 0. The molecule has 2 heterocycles. The summed E-state index contributed by atoms with van der Waals surface area (Å²) in [7, 11) is 1.89. The molecule has 0 spiro atoms. The highest BCUT2D eigenvalue weighted by Crippen LogP contribution is 2.32. The van der Waals surface area contributed by atoms with Crippen LogP contribution in [0.2, 0.25) is 0 Å². The summed E-state index contributed by atoms with van der Waals surface area (Å²) >= 11 is 0. The van der Waals surface area contributed by atoms with Gasteiger partial charge in [-0.25, -0.2) is 4.98 Å². The fraction of sp³-hybridized carbons (Fsp3) is 0.320. The van der Waals surface area contributed by atoms with Gasteiger partial charge in [-0.3, -0.25) is 14.2 Å². The lowest BCUT2D eigenvalue weighted by Crippen LogP contribution is -2.32. The Bertz CT molecular complexity index is 1350. The van der Waals surface area contributed by atoms with Crippen molar-refractivity contribution < 1.29 is 0 Å². The van der Waals surface area contributed by atoms with Gasteiger partial charge in [-0.1, -0.05) is 61.7 Å². The molecule has 5 heteroatoms. The quantitative estimate of drug-likeness (QED) is 0.482. The van der Waals surface area contributed by atoms with Crippen molar-refractivity contribution in [3.8, 4) is 0 Å². The van der Waals surface area contributed by atoms with E-state index in [4.69, 9.17) is 4.98 Å². The van der Waals surface area contributed by atoms with Crippen molar-refractivity contribution in [1.29, 1.82) is 0 Å². The predicted octanol–water partition coefficient (Wildman–Crippen LogP) is 4.34. The number of fused-ring (bicyclic) bond motifs is 2. The highest BCUT2D eigenvalue weighted by molar-refractivity contribution is 5.91.